The monoisotopic (exact) mass is 276 g/mol. The highest BCUT2D eigenvalue weighted by molar-refractivity contribution is 5.82. The first kappa shape index (κ1) is 15.0. The van der Waals surface area contributed by atoms with Crippen LogP contribution in [-0.2, 0) is 16.0 Å². The van der Waals surface area contributed by atoms with E-state index < -0.39 is 6.04 Å². The van der Waals surface area contributed by atoms with Gasteiger partial charge in [0, 0.05) is 20.2 Å². The van der Waals surface area contributed by atoms with Gasteiger partial charge in [-0.3, -0.25) is 4.79 Å². The second-order valence-corrected chi connectivity index (χ2v) is 5.62. The van der Waals surface area contributed by atoms with Crippen molar-refractivity contribution in [1.82, 2.24) is 4.90 Å². The van der Waals surface area contributed by atoms with Crippen LogP contribution in [0.2, 0.25) is 0 Å². The number of rotatable bonds is 4. The van der Waals surface area contributed by atoms with Gasteiger partial charge in [0.05, 0.1) is 12.1 Å². The molecule has 1 saturated heterocycles. The average molecular weight is 276 g/mol. The van der Waals surface area contributed by atoms with E-state index in [1.807, 2.05) is 35.2 Å². The zero-order valence-corrected chi connectivity index (χ0v) is 12.3. The van der Waals surface area contributed by atoms with Crippen LogP contribution in [0.1, 0.15) is 18.9 Å². The molecule has 1 aromatic rings. The molecule has 0 spiro atoms. The average Bonchev–Trinajstić information content (AvgIpc) is 2.48. The number of benzene rings is 1. The molecular weight excluding hydrogens is 252 g/mol. The van der Waals surface area contributed by atoms with Crippen molar-refractivity contribution in [2.45, 2.75) is 31.9 Å². The van der Waals surface area contributed by atoms with Gasteiger partial charge in [-0.25, -0.2) is 0 Å². The van der Waals surface area contributed by atoms with Crippen molar-refractivity contribution in [3.8, 4) is 0 Å². The van der Waals surface area contributed by atoms with Crippen LogP contribution in [0.15, 0.2) is 30.3 Å². The number of ether oxygens (including phenoxy) is 1. The summed E-state index contributed by atoms with van der Waals surface area (Å²) in [6.07, 6.45) is 1.68. The van der Waals surface area contributed by atoms with E-state index in [4.69, 9.17) is 10.5 Å². The van der Waals surface area contributed by atoms with Crippen LogP contribution in [0.5, 0.6) is 0 Å². The predicted octanol–water partition coefficient (Wildman–Crippen LogP) is 1.44. The Morgan fingerprint density at radius 3 is 2.80 bits per heavy atom. The lowest BCUT2D eigenvalue weighted by atomic mass is 9.95. The Kier molecular flexibility index (Phi) is 5.15. The summed E-state index contributed by atoms with van der Waals surface area (Å²) in [5, 5.41) is 0. The van der Waals surface area contributed by atoms with Crippen molar-refractivity contribution >= 4 is 5.91 Å². The van der Waals surface area contributed by atoms with Crippen LogP contribution >= 0.6 is 0 Å². The van der Waals surface area contributed by atoms with Gasteiger partial charge in [0.25, 0.3) is 0 Å². The van der Waals surface area contributed by atoms with Crippen molar-refractivity contribution in [2.24, 2.45) is 11.7 Å². The molecule has 1 fully saturated rings. The van der Waals surface area contributed by atoms with Crippen LogP contribution in [0.4, 0.5) is 0 Å². The number of carbonyl (C=O) groups is 1. The Balaban J connectivity index is 1.93. The van der Waals surface area contributed by atoms with Crippen LogP contribution in [0.3, 0.4) is 0 Å². The van der Waals surface area contributed by atoms with E-state index >= 15 is 0 Å². The molecule has 110 valence electrons. The molecule has 4 nitrogen and oxygen atoms in total. The topological polar surface area (TPSA) is 55.6 Å². The summed E-state index contributed by atoms with van der Waals surface area (Å²) in [4.78, 5) is 14.3. The number of hydrogen-bond acceptors (Lipinski definition) is 3. The standard InChI is InChI=1S/C16H24N2O2/c1-12-8-9-18(11-15(12)20-2)16(19)14(17)10-13-6-4-3-5-7-13/h3-7,12,14-15H,8-11,17H2,1-2H3/t12?,14-,15?/m0/s1. The number of carbonyl (C=O) groups excluding carboxylic acids is 1. The number of amides is 1. The molecule has 0 bridgehead atoms. The van der Waals surface area contributed by atoms with E-state index in [0.717, 1.165) is 18.5 Å². The second kappa shape index (κ2) is 6.86. The maximum Gasteiger partial charge on any atom is 0.239 e. The first-order chi connectivity index (χ1) is 9.61. The van der Waals surface area contributed by atoms with Gasteiger partial charge in [-0.2, -0.15) is 0 Å². The van der Waals surface area contributed by atoms with Crippen LogP contribution in [0, 0.1) is 5.92 Å². The molecule has 1 amide bonds. The molecule has 20 heavy (non-hydrogen) atoms. The highest BCUT2D eigenvalue weighted by atomic mass is 16.5. The molecular formula is C16H24N2O2. The molecule has 1 aliphatic rings. The molecule has 0 radical (unpaired) electrons. The molecule has 0 saturated carbocycles. The maximum absolute atomic E-state index is 12.4. The Hall–Kier alpha value is -1.39. The predicted molar refractivity (Wildman–Crippen MR) is 79.3 cm³/mol. The number of hydrogen-bond donors (Lipinski definition) is 1. The number of piperidine rings is 1. The third-order valence-corrected chi connectivity index (χ3v) is 4.12. The van der Waals surface area contributed by atoms with Gasteiger partial charge < -0.3 is 15.4 Å². The Morgan fingerprint density at radius 2 is 2.15 bits per heavy atom. The van der Waals surface area contributed by atoms with Gasteiger partial charge >= 0.3 is 0 Å². The minimum Gasteiger partial charge on any atom is -0.379 e. The fraction of sp³-hybridized carbons (Fsp3) is 0.562. The summed E-state index contributed by atoms with van der Waals surface area (Å²) in [7, 11) is 1.71. The van der Waals surface area contributed by atoms with Crippen molar-refractivity contribution < 1.29 is 9.53 Å². The van der Waals surface area contributed by atoms with E-state index in [2.05, 4.69) is 6.92 Å². The third-order valence-electron chi connectivity index (χ3n) is 4.12. The molecule has 2 unspecified atom stereocenters. The van der Waals surface area contributed by atoms with Crippen molar-refractivity contribution in [3.63, 3.8) is 0 Å². The fourth-order valence-electron chi connectivity index (χ4n) is 2.73. The molecule has 3 atom stereocenters. The third kappa shape index (κ3) is 3.58. The Morgan fingerprint density at radius 1 is 1.45 bits per heavy atom. The number of likely N-dealkylation sites (tertiary alicyclic amines) is 1. The highest BCUT2D eigenvalue weighted by Gasteiger charge is 2.30. The van der Waals surface area contributed by atoms with E-state index in [1.165, 1.54) is 0 Å². The van der Waals surface area contributed by atoms with Crippen LogP contribution in [-0.4, -0.2) is 43.2 Å². The van der Waals surface area contributed by atoms with Gasteiger partial charge in [-0.1, -0.05) is 37.3 Å². The van der Waals surface area contributed by atoms with Gasteiger partial charge in [0.15, 0.2) is 0 Å². The lowest BCUT2D eigenvalue weighted by Crippen LogP contribution is -2.52. The second-order valence-electron chi connectivity index (χ2n) is 5.62. The first-order valence-electron chi connectivity index (χ1n) is 7.23. The maximum atomic E-state index is 12.4. The van der Waals surface area contributed by atoms with E-state index in [1.54, 1.807) is 7.11 Å². The minimum atomic E-state index is -0.469. The summed E-state index contributed by atoms with van der Waals surface area (Å²) in [6, 6.07) is 9.44. The number of nitrogens with two attached hydrogens (primary N) is 1. The molecule has 2 rings (SSSR count). The summed E-state index contributed by atoms with van der Waals surface area (Å²) in [6.45, 7) is 3.60. The summed E-state index contributed by atoms with van der Waals surface area (Å²) in [5.41, 5.74) is 7.17. The number of nitrogens with zero attached hydrogens (tertiary/aromatic N) is 1. The van der Waals surface area contributed by atoms with Gasteiger partial charge in [0.1, 0.15) is 0 Å². The van der Waals surface area contributed by atoms with Crippen molar-refractivity contribution in [1.29, 1.82) is 0 Å². The summed E-state index contributed by atoms with van der Waals surface area (Å²) in [5.74, 6) is 0.525. The van der Waals surface area contributed by atoms with E-state index in [9.17, 15) is 4.79 Å². The molecule has 4 heteroatoms. The molecule has 1 aliphatic heterocycles. The SMILES string of the molecule is COC1CN(C(=O)[C@@H](N)Cc2ccccc2)CCC1C. The molecule has 1 heterocycles. The molecule has 1 aromatic carbocycles. The zero-order chi connectivity index (χ0) is 14.5. The van der Waals surface area contributed by atoms with Crippen molar-refractivity contribution in [3.05, 3.63) is 35.9 Å². The van der Waals surface area contributed by atoms with Crippen LogP contribution in [0.25, 0.3) is 0 Å². The van der Waals surface area contributed by atoms with E-state index in [0.29, 0.717) is 18.9 Å². The molecule has 0 aromatic heterocycles. The largest absolute Gasteiger partial charge is 0.379 e. The van der Waals surface area contributed by atoms with Crippen molar-refractivity contribution in [2.75, 3.05) is 20.2 Å². The smallest absolute Gasteiger partial charge is 0.239 e. The normalized spacial score (nSPS) is 24.4. The minimum absolute atomic E-state index is 0.0304. The van der Waals surface area contributed by atoms with Gasteiger partial charge in [0.2, 0.25) is 5.91 Å². The van der Waals surface area contributed by atoms with Gasteiger partial charge in [-0.15, -0.1) is 0 Å². The molecule has 0 aliphatic carbocycles. The first-order valence-corrected chi connectivity index (χ1v) is 7.23. The lowest BCUT2D eigenvalue weighted by molar-refractivity contribution is -0.137. The fourth-order valence-corrected chi connectivity index (χ4v) is 2.73. The summed E-state index contributed by atoms with van der Waals surface area (Å²) < 4.78 is 5.45. The highest BCUT2D eigenvalue weighted by Crippen LogP contribution is 2.20. The quantitative estimate of drug-likeness (QED) is 0.905. The molecule has 2 N–H and O–H groups in total. The number of methoxy groups -OCH3 is 1. The Labute approximate surface area is 120 Å². The zero-order valence-electron chi connectivity index (χ0n) is 12.3. The van der Waals surface area contributed by atoms with Crippen LogP contribution < -0.4 is 5.73 Å². The van der Waals surface area contributed by atoms with Gasteiger partial charge in [-0.05, 0) is 24.3 Å². The Bertz CT molecular complexity index is 435. The summed E-state index contributed by atoms with van der Waals surface area (Å²) >= 11 is 0. The lowest BCUT2D eigenvalue weighted by Gasteiger charge is -2.37. The van der Waals surface area contributed by atoms with E-state index in [-0.39, 0.29) is 12.0 Å².